The summed E-state index contributed by atoms with van der Waals surface area (Å²) in [7, 11) is -0.596. The predicted molar refractivity (Wildman–Crippen MR) is 127 cm³/mol. The minimum Gasteiger partial charge on any atom is -0.534 e. The zero-order chi connectivity index (χ0) is 21.2. The Kier molecular flexibility index (Phi) is 5.35. The first kappa shape index (κ1) is 20.2. The van der Waals surface area contributed by atoms with Gasteiger partial charge < -0.3 is 8.99 Å². The Balaban J connectivity index is 1.82. The summed E-state index contributed by atoms with van der Waals surface area (Å²) in [5.41, 5.74) is 1.08. The van der Waals surface area contributed by atoms with Gasteiger partial charge in [-0.2, -0.15) is 0 Å². The van der Waals surface area contributed by atoms with Crippen LogP contribution in [0.15, 0.2) is 97.3 Å². The Morgan fingerprint density at radius 3 is 1.73 bits per heavy atom. The molecule has 0 saturated carbocycles. The lowest BCUT2D eigenvalue weighted by Gasteiger charge is -2.43. The van der Waals surface area contributed by atoms with E-state index in [1.165, 1.54) is 10.4 Å². The average Bonchev–Trinajstić information content (AvgIpc) is 3.19. The molecule has 0 saturated heterocycles. The molecule has 0 amide bonds. The number of aryl methyl sites for hydroxylation is 1. The number of rotatable bonds is 5. The number of imidazole rings is 1. The Morgan fingerprint density at radius 1 is 0.767 bits per heavy atom. The number of hydrogen-bond donors (Lipinski definition) is 0. The van der Waals surface area contributed by atoms with Crippen molar-refractivity contribution in [3.8, 4) is 17.1 Å². The van der Waals surface area contributed by atoms with E-state index in [2.05, 4.69) is 111 Å². The Morgan fingerprint density at radius 2 is 1.30 bits per heavy atom. The van der Waals surface area contributed by atoms with Gasteiger partial charge in [0.1, 0.15) is 11.6 Å². The molecule has 152 valence electrons. The Labute approximate surface area is 180 Å². The van der Waals surface area contributed by atoms with E-state index < -0.39 is 8.32 Å². The highest BCUT2D eigenvalue weighted by Crippen LogP contribution is 2.37. The van der Waals surface area contributed by atoms with Crippen molar-refractivity contribution in [2.24, 2.45) is 7.05 Å². The van der Waals surface area contributed by atoms with Gasteiger partial charge in [-0.15, -0.1) is 0 Å². The molecule has 0 atom stereocenters. The topological polar surface area (TPSA) is 27.1 Å². The number of hydrogen-bond acceptors (Lipinski definition) is 2. The van der Waals surface area contributed by atoms with E-state index in [-0.39, 0.29) is 5.04 Å². The monoisotopic (exact) mass is 412 g/mol. The standard InChI is InChI=1S/C26H28N2OSi/c1-26(2,3)30(23-11-7-5-8-12-23,24-13-9-6-10-14-24)29-22-17-15-21(16-18-22)25-27-19-20-28(25)4/h5-20H,1-4H3. The van der Waals surface area contributed by atoms with Crippen molar-refractivity contribution in [2.45, 2.75) is 25.8 Å². The van der Waals surface area contributed by atoms with E-state index in [1.807, 2.05) is 24.0 Å². The fraction of sp³-hybridized carbons (Fsp3) is 0.192. The van der Waals surface area contributed by atoms with Crippen LogP contribution in [-0.4, -0.2) is 17.9 Å². The van der Waals surface area contributed by atoms with Crippen LogP contribution in [0.3, 0.4) is 0 Å². The molecule has 0 spiro atoms. The van der Waals surface area contributed by atoms with E-state index >= 15 is 0 Å². The predicted octanol–water partition coefficient (Wildman–Crippen LogP) is 5.03. The molecule has 0 N–H and O–H groups in total. The lowest BCUT2D eigenvalue weighted by molar-refractivity contribution is 0.508. The van der Waals surface area contributed by atoms with Crippen LogP contribution in [0.2, 0.25) is 5.04 Å². The second-order valence-electron chi connectivity index (χ2n) is 8.65. The van der Waals surface area contributed by atoms with Crippen LogP contribution >= 0.6 is 0 Å². The number of nitrogens with zero attached hydrogens (tertiary/aromatic N) is 2. The molecule has 0 aliphatic rings. The van der Waals surface area contributed by atoms with Crippen LogP contribution in [0.1, 0.15) is 20.8 Å². The molecule has 1 aromatic heterocycles. The normalized spacial score (nSPS) is 12.0. The fourth-order valence-corrected chi connectivity index (χ4v) is 8.56. The lowest BCUT2D eigenvalue weighted by atomic mass is 10.2. The van der Waals surface area contributed by atoms with Gasteiger partial charge in [-0.1, -0.05) is 81.4 Å². The summed E-state index contributed by atoms with van der Waals surface area (Å²) in [6.45, 7) is 6.88. The van der Waals surface area contributed by atoms with Gasteiger partial charge in [0.2, 0.25) is 0 Å². The van der Waals surface area contributed by atoms with E-state index in [9.17, 15) is 0 Å². The van der Waals surface area contributed by atoms with E-state index in [0.717, 1.165) is 17.1 Å². The zero-order valence-electron chi connectivity index (χ0n) is 18.0. The van der Waals surface area contributed by atoms with Crippen LogP contribution in [0.5, 0.6) is 5.75 Å². The Bertz CT molecular complexity index is 1060. The van der Waals surface area contributed by atoms with Crippen LogP contribution in [0.25, 0.3) is 11.4 Å². The maximum Gasteiger partial charge on any atom is 0.319 e. The first-order chi connectivity index (χ1) is 14.4. The summed E-state index contributed by atoms with van der Waals surface area (Å²) in [5, 5.41) is 2.49. The van der Waals surface area contributed by atoms with Crippen molar-refractivity contribution >= 4 is 18.7 Å². The smallest absolute Gasteiger partial charge is 0.319 e. The molecule has 3 nitrogen and oxygen atoms in total. The van der Waals surface area contributed by atoms with Gasteiger partial charge in [-0.25, -0.2) is 4.98 Å². The maximum absolute atomic E-state index is 7.05. The quantitative estimate of drug-likeness (QED) is 0.430. The van der Waals surface area contributed by atoms with Gasteiger partial charge in [-0.3, -0.25) is 0 Å². The molecule has 30 heavy (non-hydrogen) atoms. The molecule has 3 aromatic carbocycles. The van der Waals surface area contributed by atoms with Crippen molar-refractivity contribution in [3.05, 3.63) is 97.3 Å². The van der Waals surface area contributed by atoms with Crippen molar-refractivity contribution in [3.63, 3.8) is 0 Å². The van der Waals surface area contributed by atoms with E-state index in [1.54, 1.807) is 0 Å². The summed E-state index contributed by atoms with van der Waals surface area (Å²) in [5.74, 6) is 1.84. The van der Waals surface area contributed by atoms with Gasteiger partial charge >= 0.3 is 8.32 Å². The molecule has 0 aliphatic carbocycles. The summed E-state index contributed by atoms with van der Waals surface area (Å²) in [6, 6.07) is 29.8. The molecule has 0 unspecified atom stereocenters. The van der Waals surface area contributed by atoms with Gasteiger partial charge in [-0.05, 0) is 39.7 Å². The van der Waals surface area contributed by atoms with Crippen molar-refractivity contribution in [1.29, 1.82) is 0 Å². The third-order valence-corrected chi connectivity index (χ3v) is 10.6. The average molecular weight is 413 g/mol. The number of benzene rings is 3. The van der Waals surface area contributed by atoms with Crippen molar-refractivity contribution < 1.29 is 4.43 Å². The van der Waals surface area contributed by atoms with Gasteiger partial charge in [0.25, 0.3) is 0 Å². The van der Waals surface area contributed by atoms with Crippen molar-refractivity contribution in [1.82, 2.24) is 9.55 Å². The molecule has 0 radical (unpaired) electrons. The SMILES string of the molecule is Cn1ccnc1-c1ccc(O[Si](c2ccccc2)(c2ccccc2)C(C)(C)C)cc1. The highest BCUT2D eigenvalue weighted by Gasteiger charge is 2.52. The molecule has 1 heterocycles. The zero-order valence-corrected chi connectivity index (χ0v) is 19.0. The Hall–Kier alpha value is -3.11. The second-order valence-corrected chi connectivity index (χ2v) is 12.9. The largest absolute Gasteiger partial charge is 0.534 e. The molecule has 4 aromatic rings. The highest BCUT2D eigenvalue weighted by molar-refractivity contribution is 7.00. The minimum atomic E-state index is -2.61. The summed E-state index contributed by atoms with van der Waals surface area (Å²) < 4.78 is 9.08. The first-order valence-corrected chi connectivity index (χ1v) is 12.2. The van der Waals surface area contributed by atoms with Gasteiger partial charge in [0.05, 0.1) is 0 Å². The van der Waals surface area contributed by atoms with Crippen LogP contribution in [0.4, 0.5) is 0 Å². The third-order valence-electron chi connectivity index (χ3n) is 5.62. The van der Waals surface area contributed by atoms with E-state index in [4.69, 9.17) is 4.43 Å². The van der Waals surface area contributed by atoms with Gasteiger partial charge in [0.15, 0.2) is 0 Å². The number of aromatic nitrogens is 2. The first-order valence-electron chi connectivity index (χ1n) is 10.3. The van der Waals surface area contributed by atoms with Crippen LogP contribution in [0, 0.1) is 0 Å². The molecule has 0 aliphatic heterocycles. The third kappa shape index (κ3) is 3.59. The molecule has 0 bridgehead atoms. The summed E-state index contributed by atoms with van der Waals surface area (Å²) in [4.78, 5) is 4.46. The van der Waals surface area contributed by atoms with Crippen molar-refractivity contribution in [2.75, 3.05) is 0 Å². The second kappa shape index (κ2) is 7.96. The summed E-state index contributed by atoms with van der Waals surface area (Å²) >= 11 is 0. The van der Waals surface area contributed by atoms with E-state index in [0.29, 0.717) is 0 Å². The lowest BCUT2D eigenvalue weighted by Crippen LogP contribution is -2.68. The molecular formula is C26H28N2OSi. The minimum absolute atomic E-state index is 0.0615. The molecule has 0 fully saturated rings. The van der Waals surface area contributed by atoms with Crippen LogP contribution < -0.4 is 14.8 Å². The summed E-state index contributed by atoms with van der Waals surface area (Å²) in [6.07, 6.45) is 3.78. The molecule has 4 rings (SSSR count). The maximum atomic E-state index is 7.05. The van der Waals surface area contributed by atoms with Gasteiger partial charge in [0, 0.05) is 25.0 Å². The van der Waals surface area contributed by atoms with Crippen LogP contribution in [-0.2, 0) is 7.05 Å². The fourth-order valence-electron chi connectivity index (χ4n) is 4.14. The molecule has 4 heteroatoms. The highest BCUT2D eigenvalue weighted by atomic mass is 28.4. The molecular weight excluding hydrogens is 384 g/mol.